The Morgan fingerprint density at radius 3 is 1.72 bits per heavy atom. The fourth-order valence-corrected chi connectivity index (χ4v) is 3.75. The Labute approximate surface area is 155 Å². The van der Waals surface area contributed by atoms with Gasteiger partial charge >= 0.3 is 0 Å². The zero-order valence-corrected chi connectivity index (χ0v) is 18.5. The van der Waals surface area contributed by atoms with Crippen molar-refractivity contribution in [3.63, 3.8) is 0 Å². The van der Waals surface area contributed by atoms with E-state index >= 15 is 0 Å². The molecule has 0 aliphatic rings. The van der Waals surface area contributed by atoms with E-state index in [0.717, 1.165) is 0 Å². The molecule has 0 spiro atoms. The van der Waals surface area contributed by atoms with Crippen molar-refractivity contribution >= 4 is 16.0 Å². The van der Waals surface area contributed by atoms with Gasteiger partial charge in [-0.2, -0.15) is 8.42 Å². The summed E-state index contributed by atoms with van der Waals surface area (Å²) in [6.07, 6.45) is 0.712. The molecule has 0 aliphatic heterocycles. The van der Waals surface area contributed by atoms with Crippen molar-refractivity contribution in [3.8, 4) is 0 Å². The first-order valence-electron chi connectivity index (χ1n) is 9.09. The molecule has 0 heterocycles. The molecule has 0 fully saturated rings. The molecule has 0 aliphatic carbocycles. The summed E-state index contributed by atoms with van der Waals surface area (Å²) < 4.78 is 31.6. The molecular weight excluding hydrogens is 338 g/mol. The van der Waals surface area contributed by atoms with Gasteiger partial charge in [-0.05, 0) is 42.9 Å². The maximum atomic E-state index is 13.1. The van der Waals surface area contributed by atoms with Gasteiger partial charge in [-0.3, -0.25) is 9.35 Å². The maximum absolute atomic E-state index is 13.1. The lowest BCUT2D eigenvalue weighted by Crippen LogP contribution is -2.53. The van der Waals surface area contributed by atoms with Crippen LogP contribution in [0.15, 0.2) is 0 Å². The maximum Gasteiger partial charge on any atom is 0.267 e. The van der Waals surface area contributed by atoms with Crippen molar-refractivity contribution in [2.75, 3.05) is 5.75 Å². The normalized spacial score (nSPS) is 15.6. The highest BCUT2D eigenvalue weighted by molar-refractivity contribution is 7.85. The van der Waals surface area contributed by atoms with Gasteiger partial charge in [0.2, 0.25) is 5.91 Å². The second-order valence-electron chi connectivity index (χ2n) is 9.98. The molecule has 2 N–H and O–H groups in total. The number of carbonyl (C=O) groups excluding carboxylic acids is 1. The minimum Gasteiger partial charge on any atom is -0.350 e. The highest BCUT2D eigenvalue weighted by Gasteiger charge is 2.43. The average molecular weight is 378 g/mol. The van der Waals surface area contributed by atoms with Gasteiger partial charge in [0.15, 0.2) is 0 Å². The first-order valence-corrected chi connectivity index (χ1v) is 10.7. The highest BCUT2D eigenvalue weighted by Crippen LogP contribution is 2.44. The molecule has 0 radical (unpaired) electrons. The van der Waals surface area contributed by atoms with Crippen LogP contribution >= 0.6 is 0 Å². The Morgan fingerprint density at radius 1 is 0.960 bits per heavy atom. The quantitative estimate of drug-likeness (QED) is 0.592. The topological polar surface area (TPSA) is 83.5 Å². The van der Waals surface area contributed by atoms with E-state index in [1.54, 1.807) is 13.8 Å². The Morgan fingerprint density at radius 2 is 1.40 bits per heavy atom. The summed E-state index contributed by atoms with van der Waals surface area (Å²) in [5.74, 6) is -0.215. The first kappa shape index (κ1) is 24.4. The van der Waals surface area contributed by atoms with E-state index in [9.17, 15) is 13.2 Å². The number of hydrogen-bond donors (Lipinski definition) is 2. The van der Waals surface area contributed by atoms with Crippen LogP contribution in [0.5, 0.6) is 0 Å². The van der Waals surface area contributed by atoms with Gasteiger partial charge in [0, 0.05) is 5.92 Å². The number of rotatable bonds is 9. The largest absolute Gasteiger partial charge is 0.350 e. The van der Waals surface area contributed by atoms with Crippen molar-refractivity contribution in [2.45, 2.75) is 81.2 Å². The first-order chi connectivity index (χ1) is 10.8. The molecule has 25 heavy (non-hydrogen) atoms. The third-order valence-electron chi connectivity index (χ3n) is 6.00. The van der Waals surface area contributed by atoms with E-state index < -0.39 is 21.4 Å². The molecule has 0 aromatic heterocycles. The molecule has 0 rings (SSSR count). The molecule has 1 amide bonds. The van der Waals surface area contributed by atoms with E-state index in [2.05, 4.69) is 60.7 Å². The molecule has 1 unspecified atom stereocenters. The minimum absolute atomic E-state index is 0.0264. The van der Waals surface area contributed by atoms with Gasteiger partial charge in [0.1, 0.15) is 0 Å². The molecule has 0 bridgehead atoms. The summed E-state index contributed by atoms with van der Waals surface area (Å²) >= 11 is 0. The van der Waals surface area contributed by atoms with Gasteiger partial charge in [-0.15, -0.1) is 0 Å². The summed E-state index contributed by atoms with van der Waals surface area (Å²) in [5.41, 5.74) is -1.30. The summed E-state index contributed by atoms with van der Waals surface area (Å²) in [5, 5.41) is 2.86. The van der Waals surface area contributed by atoms with Gasteiger partial charge in [0.05, 0.1) is 11.3 Å². The van der Waals surface area contributed by atoms with E-state index in [1.165, 1.54) is 0 Å². The molecule has 1 atom stereocenters. The standard InChI is InChI=1S/C19H39NO4S/c1-13(2)17(5,6)11-15(19(9,10)14(3)4)16(21)20-18(7,8)12-25(22,23)24/h13-15H,11-12H2,1-10H3,(H,20,21)(H,22,23,24). The molecule has 5 nitrogen and oxygen atoms in total. The third-order valence-corrected chi connectivity index (χ3v) is 7.09. The van der Waals surface area contributed by atoms with Gasteiger partial charge in [0.25, 0.3) is 10.1 Å². The van der Waals surface area contributed by atoms with Crippen LogP contribution in [0.1, 0.15) is 75.7 Å². The fraction of sp³-hybridized carbons (Fsp3) is 0.947. The van der Waals surface area contributed by atoms with Crippen LogP contribution in [0.4, 0.5) is 0 Å². The monoisotopic (exact) mass is 377 g/mol. The van der Waals surface area contributed by atoms with Gasteiger partial charge in [-0.1, -0.05) is 55.4 Å². The van der Waals surface area contributed by atoms with Crippen LogP contribution in [0.25, 0.3) is 0 Å². The van der Waals surface area contributed by atoms with Gasteiger partial charge < -0.3 is 5.32 Å². The summed E-state index contributed by atoms with van der Waals surface area (Å²) in [6.45, 7) is 20.3. The van der Waals surface area contributed by atoms with Crippen LogP contribution in [-0.4, -0.2) is 30.2 Å². The van der Waals surface area contributed by atoms with E-state index in [4.69, 9.17) is 4.55 Å². The zero-order valence-electron chi connectivity index (χ0n) is 17.7. The number of amides is 1. The number of carbonyl (C=O) groups is 1. The molecular formula is C19H39NO4S. The lowest BCUT2D eigenvalue weighted by molar-refractivity contribution is -0.133. The van der Waals surface area contributed by atoms with Crippen LogP contribution < -0.4 is 5.32 Å². The number of hydrogen-bond acceptors (Lipinski definition) is 3. The lowest BCUT2D eigenvalue weighted by atomic mass is 9.63. The third kappa shape index (κ3) is 7.65. The number of nitrogens with one attached hydrogen (secondary N) is 1. The molecule has 0 aromatic rings. The Balaban J connectivity index is 5.66. The zero-order chi connectivity index (χ0) is 20.4. The molecule has 0 saturated carbocycles. The molecule has 0 aromatic carbocycles. The fourth-order valence-electron chi connectivity index (χ4n) is 2.77. The summed E-state index contributed by atoms with van der Waals surface area (Å²) in [4.78, 5) is 13.1. The van der Waals surface area contributed by atoms with Crippen molar-refractivity contribution in [3.05, 3.63) is 0 Å². The van der Waals surface area contributed by atoms with Gasteiger partial charge in [-0.25, -0.2) is 0 Å². The van der Waals surface area contributed by atoms with Crippen LogP contribution in [0, 0.1) is 28.6 Å². The summed E-state index contributed by atoms with van der Waals surface area (Å²) in [6, 6.07) is 0. The SMILES string of the molecule is CC(C)C(C)(C)CC(C(=O)NC(C)(C)CS(=O)(=O)O)C(C)(C)C(C)C. The molecule has 150 valence electrons. The Bertz CT molecular complexity index is 560. The molecule has 0 saturated heterocycles. The van der Waals surface area contributed by atoms with E-state index in [1.807, 2.05) is 0 Å². The highest BCUT2D eigenvalue weighted by atomic mass is 32.2. The Hall–Kier alpha value is -0.620. The van der Waals surface area contributed by atoms with E-state index in [-0.39, 0.29) is 28.6 Å². The molecule has 6 heteroatoms. The average Bonchev–Trinajstić information content (AvgIpc) is 2.31. The smallest absolute Gasteiger partial charge is 0.267 e. The van der Waals surface area contributed by atoms with E-state index in [0.29, 0.717) is 12.3 Å². The minimum atomic E-state index is -4.17. The summed E-state index contributed by atoms with van der Waals surface area (Å²) in [7, 11) is -4.17. The van der Waals surface area contributed by atoms with Crippen molar-refractivity contribution in [1.29, 1.82) is 0 Å². The van der Waals surface area contributed by atoms with Crippen LogP contribution in [-0.2, 0) is 14.9 Å². The van der Waals surface area contributed by atoms with Crippen molar-refractivity contribution in [1.82, 2.24) is 5.32 Å². The van der Waals surface area contributed by atoms with Crippen LogP contribution in [0.3, 0.4) is 0 Å². The second kappa shape index (κ2) is 7.95. The second-order valence-corrected chi connectivity index (χ2v) is 11.4. The Kier molecular flexibility index (Phi) is 7.75. The van der Waals surface area contributed by atoms with Crippen molar-refractivity contribution < 1.29 is 17.8 Å². The van der Waals surface area contributed by atoms with Crippen molar-refractivity contribution in [2.24, 2.45) is 28.6 Å². The van der Waals surface area contributed by atoms with Crippen LogP contribution in [0.2, 0.25) is 0 Å². The predicted molar refractivity (Wildman–Crippen MR) is 104 cm³/mol. The predicted octanol–water partition coefficient (Wildman–Crippen LogP) is 4.14. The lowest BCUT2D eigenvalue weighted by Gasteiger charge is -2.43.